The Morgan fingerprint density at radius 3 is 2.59 bits per heavy atom. The molecule has 0 saturated carbocycles. The Bertz CT molecular complexity index is 1390. The molecule has 0 bridgehead atoms. The summed E-state index contributed by atoms with van der Waals surface area (Å²) in [5, 5.41) is 1.51. The Balaban J connectivity index is 1.67. The number of carbonyl (C=O) groups is 1. The number of benzene rings is 2. The van der Waals surface area contributed by atoms with Gasteiger partial charge in [-0.15, -0.1) is 0 Å². The second-order valence-corrected chi connectivity index (χ2v) is 6.61. The van der Waals surface area contributed by atoms with Crippen LogP contribution in [0.25, 0.3) is 33.3 Å². The van der Waals surface area contributed by atoms with Crippen LogP contribution in [0.5, 0.6) is 5.75 Å². The van der Waals surface area contributed by atoms with Crippen LogP contribution in [0.1, 0.15) is 16.1 Å². The van der Waals surface area contributed by atoms with E-state index in [4.69, 9.17) is 18.0 Å². The van der Waals surface area contributed by atoms with E-state index in [2.05, 4.69) is 0 Å². The van der Waals surface area contributed by atoms with Crippen LogP contribution in [-0.2, 0) is 0 Å². The van der Waals surface area contributed by atoms with Crippen LogP contribution in [0.4, 0.5) is 0 Å². The van der Waals surface area contributed by atoms with Gasteiger partial charge in [-0.25, -0.2) is 9.59 Å². The highest BCUT2D eigenvalue weighted by Crippen LogP contribution is 2.35. The summed E-state index contributed by atoms with van der Waals surface area (Å²) in [5.74, 6) is 0.350. The van der Waals surface area contributed by atoms with E-state index < -0.39 is 11.6 Å². The van der Waals surface area contributed by atoms with Crippen LogP contribution in [0.2, 0.25) is 0 Å². The van der Waals surface area contributed by atoms with Crippen LogP contribution >= 0.6 is 0 Å². The van der Waals surface area contributed by atoms with Gasteiger partial charge in [-0.05, 0) is 48.9 Å². The van der Waals surface area contributed by atoms with Gasteiger partial charge in [0, 0.05) is 22.4 Å². The molecule has 0 unspecified atom stereocenters. The smallest absolute Gasteiger partial charge is 0.379 e. The number of fused-ring (bicyclic) bond motifs is 2. The maximum Gasteiger partial charge on any atom is 0.379 e. The summed E-state index contributed by atoms with van der Waals surface area (Å²) in [4.78, 5) is 24.4. The van der Waals surface area contributed by atoms with Crippen molar-refractivity contribution in [3.05, 3.63) is 88.7 Å². The molecule has 0 amide bonds. The molecule has 0 aliphatic carbocycles. The predicted molar refractivity (Wildman–Crippen MR) is 106 cm³/mol. The van der Waals surface area contributed by atoms with Gasteiger partial charge in [0.25, 0.3) is 0 Å². The van der Waals surface area contributed by atoms with Gasteiger partial charge in [-0.3, -0.25) is 0 Å². The standard InChI is InChI=1S/C23H14O6/c1-13-9-20-15(11-19(13)29-23(25)18-7-4-8-26-18)16(12-22(24)28-20)21-10-14-5-2-3-6-17(14)27-21/h2-12H,1H3. The summed E-state index contributed by atoms with van der Waals surface area (Å²) >= 11 is 0. The minimum Gasteiger partial charge on any atom is -0.457 e. The van der Waals surface area contributed by atoms with Gasteiger partial charge in [-0.1, -0.05) is 18.2 Å². The van der Waals surface area contributed by atoms with E-state index in [0.717, 1.165) is 5.39 Å². The van der Waals surface area contributed by atoms with Gasteiger partial charge in [0.05, 0.1) is 6.26 Å². The quantitative estimate of drug-likeness (QED) is 0.237. The lowest BCUT2D eigenvalue weighted by Crippen LogP contribution is -2.08. The molecule has 5 aromatic rings. The highest BCUT2D eigenvalue weighted by Gasteiger charge is 2.18. The van der Waals surface area contributed by atoms with Gasteiger partial charge in [0.2, 0.25) is 5.76 Å². The van der Waals surface area contributed by atoms with E-state index >= 15 is 0 Å². The third-order valence-electron chi connectivity index (χ3n) is 4.66. The minimum atomic E-state index is -0.611. The summed E-state index contributed by atoms with van der Waals surface area (Å²) in [7, 11) is 0. The summed E-state index contributed by atoms with van der Waals surface area (Å²) in [6.45, 7) is 1.76. The number of carbonyl (C=O) groups excluding carboxylic acids is 1. The molecule has 0 radical (unpaired) electrons. The lowest BCUT2D eigenvalue weighted by molar-refractivity contribution is 0.0700. The summed E-state index contributed by atoms with van der Waals surface area (Å²) in [6.07, 6.45) is 1.40. The predicted octanol–water partition coefficient (Wildman–Crippen LogP) is 5.33. The molecular formula is C23H14O6. The molecule has 0 spiro atoms. The molecule has 0 saturated heterocycles. The molecule has 142 valence electrons. The SMILES string of the molecule is Cc1cc2oc(=O)cc(-c3cc4ccccc4o3)c2cc1OC(=O)c1ccco1. The van der Waals surface area contributed by atoms with Crippen molar-refractivity contribution in [1.29, 1.82) is 0 Å². The van der Waals surface area contributed by atoms with E-state index in [1.54, 1.807) is 25.1 Å². The van der Waals surface area contributed by atoms with Crippen LogP contribution in [0.3, 0.4) is 0 Å². The molecule has 0 aliphatic heterocycles. The Morgan fingerprint density at radius 1 is 0.931 bits per heavy atom. The van der Waals surface area contributed by atoms with Gasteiger partial charge < -0.3 is 18.0 Å². The van der Waals surface area contributed by atoms with Gasteiger partial charge in [0.15, 0.2) is 0 Å². The number of para-hydroxylation sites is 1. The number of rotatable bonds is 3. The molecule has 29 heavy (non-hydrogen) atoms. The molecule has 0 N–H and O–H groups in total. The first kappa shape index (κ1) is 17.1. The number of hydrogen-bond donors (Lipinski definition) is 0. The molecule has 0 atom stereocenters. The Morgan fingerprint density at radius 2 is 1.79 bits per heavy atom. The first-order chi connectivity index (χ1) is 14.1. The number of hydrogen-bond acceptors (Lipinski definition) is 6. The average Bonchev–Trinajstić information content (AvgIpc) is 3.38. The molecule has 6 heteroatoms. The topological polar surface area (TPSA) is 82.8 Å². The van der Waals surface area contributed by atoms with Crippen molar-refractivity contribution in [1.82, 2.24) is 0 Å². The average molecular weight is 386 g/mol. The van der Waals surface area contributed by atoms with Crippen molar-refractivity contribution < 1.29 is 22.8 Å². The van der Waals surface area contributed by atoms with Crippen LogP contribution < -0.4 is 10.4 Å². The van der Waals surface area contributed by atoms with Crippen LogP contribution in [-0.4, -0.2) is 5.97 Å². The maximum absolute atomic E-state index is 12.3. The molecule has 6 nitrogen and oxygen atoms in total. The van der Waals surface area contributed by atoms with Crippen molar-refractivity contribution >= 4 is 27.9 Å². The molecule has 3 aromatic heterocycles. The van der Waals surface area contributed by atoms with Gasteiger partial charge in [0.1, 0.15) is 22.7 Å². The number of furan rings is 2. The van der Waals surface area contributed by atoms with Crippen LogP contribution in [0.15, 0.2) is 85.0 Å². The third-order valence-corrected chi connectivity index (χ3v) is 4.66. The fourth-order valence-electron chi connectivity index (χ4n) is 3.26. The van der Waals surface area contributed by atoms with E-state index in [1.165, 1.54) is 18.4 Å². The zero-order valence-electron chi connectivity index (χ0n) is 15.3. The van der Waals surface area contributed by atoms with Gasteiger partial charge >= 0.3 is 11.6 Å². The first-order valence-corrected chi connectivity index (χ1v) is 8.91. The first-order valence-electron chi connectivity index (χ1n) is 8.91. The number of aryl methyl sites for hydroxylation is 1. The zero-order valence-corrected chi connectivity index (χ0v) is 15.3. The van der Waals surface area contributed by atoms with E-state index in [1.807, 2.05) is 30.3 Å². The summed E-state index contributed by atoms with van der Waals surface area (Å²) < 4.78 is 21.9. The van der Waals surface area contributed by atoms with Crippen molar-refractivity contribution in [3.8, 4) is 17.1 Å². The third kappa shape index (κ3) is 3.00. The number of ether oxygens (including phenoxy) is 1. The van der Waals surface area contributed by atoms with Crippen LogP contribution in [0, 0.1) is 6.92 Å². The fourth-order valence-corrected chi connectivity index (χ4v) is 3.26. The Hall–Kier alpha value is -4.06. The molecule has 3 heterocycles. The largest absolute Gasteiger partial charge is 0.457 e. The maximum atomic E-state index is 12.3. The second kappa shape index (κ2) is 6.53. The van der Waals surface area contributed by atoms with E-state index in [0.29, 0.717) is 39.2 Å². The van der Waals surface area contributed by atoms with Crippen molar-refractivity contribution in [2.24, 2.45) is 0 Å². The molecule has 5 rings (SSSR count). The highest BCUT2D eigenvalue weighted by molar-refractivity contribution is 5.96. The minimum absolute atomic E-state index is 0.0987. The normalized spacial score (nSPS) is 11.2. The summed E-state index contributed by atoms with van der Waals surface area (Å²) in [6, 6.07) is 17.3. The Kier molecular flexibility index (Phi) is 3.84. The molecular weight excluding hydrogens is 372 g/mol. The van der Waals surface area contributed by atoms with Gasteiger partial charge in [-0.2, -0.15) is 0 Å². The van der Waals surface area contributed by atoms with Crippen molar-refractivity contribution in [3.63, 3.8) is 0 Å². The lowest BCUT2D eigenvalue weighted by Gasteiger charge is -2.09. The lowest BCUT2D eigenvalue weighted by atomic mass is 10.0. The summed E-state index contributed by atoms with van der Waals surface area (Å²) in [5.41, 5.74) is 1.79. The molecule has 0 fully saturated rings. The zero-order chi connectivity index (χ0) is 20.0. The molecule has 0 aliphatic rings. The fraction of sp³-hybridized carbons (Fsp3) is 0.0435. The number of esters is 1. The monoisotopic (exact) mass is 386 g/mol. The van der Waals surface area contributed by atoms with Crippen molar-refractivity contribution in [2.45, 2.75) is 6.92 Å². The molecule has 2 aromatic carbocycles. The second-order valence-electron chi connectivity index (χ2n) is 6.61. The van der Waals surface area contributed by atoms with E-state index in [-0.39, 0.29) is 5.76 Å². The Labute approximate surface area is 163 Å². The van der Waals surface area contributed by atoms with Crippen molar-refractivity contribution in [2.75, 3.05) is 0 Å². The highest BCUT2D eigenvalue weighted by atomic mass is 16.5. The van der Waals surface area contributed by atoms with E-state index in [9.17, 15) is 9.59 Å².